The first-order chi connectivity index (χ1) is 19.2. The molecule has 1 aliphatic rings. The van der Waals surface area contributed by atoms with E-state index in [2.05, 4.69) is 40.6 Å². The summed E-state index contributed by atoms with van der Waals surface area (Å²) in [5, 5.41) is 5.31. The van der Waals surface area contributed by atoms with Gasteiger partial charge in [-0.3, -0.25) is 4.79 Å². The number of amides is 1. The first-order valence-corrected chi connectivity index (χ1v) is 14.9. The third-order valence-corrected chi connectivity index (χ3v) is 8.67. The molecule has 0 bridgehead atoms. The Kier molecular flexibility index (Phi) is 7.78. The molecule has 2 N–H and O–H groups in total. The van der Waals surface area contributed by atoms with Gasteiger partial charge in [0.25, 0.3) is 0 Å². The van der Waals surface area contributed by atoms with Gasteiger partial charge in [0, 0.05) is 10.9 Å². The Morgan fingerprint density at radius 1 is 1.10 bits per heavy atom. The zero-order valence-corrected chi connectivity index (χ0v) is 23.7. The van der Waals surface area contributed by atoms with E-state index in [4.69, 9.17) is 8.92 Å². The van der Waals surface area contributed by atoms with Crippen molar-refractivity contribution in [1.29, 1.82) is 0 Å². The molecule has 1 aromatic heterocycles. The lowest BCUT2D eigenvalue weighted by atomic mass is 9.86. The van der Waals surface area contributed by atoms with E-state index in [1.165, 1.54) is 34.9 Å². The van der Waals surface area contributed by atoms with E-state index < -0.39 is 15.7 Å². The van der Waals surface area contributed by atoms with Crippen molar-refractivity contribution in [2.24, 2.45) is 5.10 Å². The van der Waals surface area contributed by atoms with Gasteiger partial charge >= 0.3 is 10.1 Å². The van der Waals surface area contributed by atoms with Crippen molar-refractivity contribution in [3.63, 3.8) is 0 Å². The number of ether oxygens (including phenoxy) is 1. The summed E-state index contributed by atoms with van der Waals surface area (Å²) in [4.78, 5) is 16.7. The maximum atomic E-state index is 13.0. The number of rotatable bonds is 9. The lowest BCUT2D eigenvalue weighted by Gasteiger charge is -2.36. The predicted molar refractivity (Wildman–Crippen MR) is 155 cm³/mol. The number of benzene rings is 3. The smallest absolute Gasteiger partial charge is 0.339 e. The molecule has 5 rings (SSSR count). The first-order valence-electron chi connectivity index (χ1n) is 13.4. The molecule has 1 aliphatic heterocycles. The van der Waals surface area contributed by atoms with Crippen LogP contribution < -0.4 is 9.61 Å². The summed E-state index contributed by atoms with van der Waals surface area (Å²) < 4.78 is 36.5. The van der Waals surface area contributed by atoms with Gasteiger partial charge in [0.05, 0.1) is 24.9 Å². The minimum absolute atomic E-state index is 0.0867. The Labute approximate surface area is 234 Å². The van der Waals surface area contributed by atoms with Crippen molar-refractivity contribution in [1.82, 2.24) is 10.4 Å². The number of hydrogen-bond donors (Lipinski definition) is 2. The van der Waals surface area contributed by atoms with E-state index in [1.54, 1.807) is 36.4 Å². The van der Waals surface area contributed by atoms with E-state index in [1.807, 2.05) is 13.8 Å². The van der Waals surface area contributed by atoms with Crippen molar-refractivity contribution < 1.29 is 22.1 Å². The van der Waals surface area contributed by atoms with E-state index in [0.29, 0.717) is 18.6 Å². The molecular formula is C31H33N3O5S. The Bertz CT molecular complexity index is 1660. The number of hydrogen-bond acceptors (Lipinski definition) is 6. The van der Waals surface area contributed by atoms with Crippen LogP contribution in [0.25, 0.3) is 10.9 Å². The standard InChI is InChI=1S/C31H33N3O5S/c1-4-23-7-6-8-26-27-17-18-38-31(5-2,30(27)33-29(23)26)19-28(35)34-32-20-22-11-13-24(14-12-22)39-40(36,37)25-15-9-21(3)10-16-25/h6-16,20,33H,4-5,17-19H2,1-3H3,(H,34,35). The van der Waals surface area contributed by atoms with Gasteiger partial charge in [-0.2, -0.15) is 13.5 Å². The topological polar surface area (TPSA) is 110 Å². The van der Waals surface area contributed by atoms with E-state index in [-0.39, 0.29) is 23.0 Å². The molecule has 1 unspecified atom stereocenters. The van der Waals surface area contributed by atoms with Crippen LogP contribution in [0.4, 0.5) is 0 Å². The van der Waals surface area contributed by atoms with Gasteiger partial charge in [0.1, 0.15) is 16.2 Å². The number of nitrogens with one attached hydrogen (secondary N) is 2. The third kappa shape index (κ3) is 5.52. The molecular weight excluding hydrogens is 526 g/mol. The molecule has 2 heterocycles. The highest BCUT2D eigenvalue weighted by atomic mass is 32.2. The van der Waals surface area contributed by atoms with E-state index in [9.17, 15) is 13.2 Å². The third-order valence-electron chi connectivity index (χ3n) is 7.41. The summed E-state index contributed by atoms with van der Waals surface area (Å²) >= 11 is 0. The molecule has 8 nitrogen and oxygen atoms in total. The van der Waals surface area contributed by atoms with E-state index in [0.717, 1.165) is 29.6 Å². The van der Waals surface area contributed by atoms with Gasteiger partial charge in [0.2, 0.25) is 5.91 Å². The normalized spacial score (nSPS) is 17.2. The van der Waals surface area contributed by atoms with Crippen LogP contribution in [0, 0.1) is 6.92 Å². The van der Waals surface area contributed by atoms with Gasteiger partial charge in [-0.25, -0.2) is 5.43 Å². The number of aryl methyl sites for hydroxylation is 2. The Hall–Kier alpha value is -3.95. The van der Waals surface area contributed by atoms with Crippen LogP contribution in [-0.4, -0.2) is 32.1 Å². The number of nitrogens with zero attached hydrogens (tertiary/aromatic N) is 1. The maximum absolute atomic E-state index is 13.0. The summed E-state index contributed by atoms with van der Waals surface area (Å²) in [5.41, 5.74) is 8.06. The molecule has 3 aromatic carbocycles. The van der Waals surface area contributed by atoms with Crippen molar-refractivity contribution in [2.45, 2.75) is 57.0 Å². The second kappa shape index (κ2) is 11.3. The number of aromatic amines is 1. The van der Waals surface area contributed by atoms with Crippen molar-refractivity contribution in [3.05, 3.63) is 94.7 Å². The summed E-state index contributed by atoms with van der Waals surface area (Å²) in [5.74, 6) is -0.0778. The molecule has 0 radical (unpaired) electrons. The van der Waals surface area contributed by atoms with Crippen molar-refractivity contribution >= 4 is 33.1 Å². The number of H-pyrrole nitrogens is 1. The van der Waals surface area contributed by atoms with Gasteiger partial charge in [-0.05, 0) is 79.3 Å². The van der Waals surface area contributed by atoms with Crippen LogP contribution >= 0.6 is 0 Å². The predicted octanol–water partition coefficient (Wildman–Crippen LogP) is 5.52. The maximum Gasteiger partial charge on any atom is 0.339 e. The van der Waals surface area contributed by atoms with Crippen LogP contribution in [0.1, 0.15) is 54.6 Å². The number of aromatic nitrogens is 1. The highest BCUT2D eigenvalue weighted by molar-refractivity contribution is 7.87. The molecule has 9 heteroatoms. The van der Waals surface area contributed by atoms with Gasteiger partial charge in [-0.1, -0.05) is 49.7 Å². The van der Waals surface area contributed by atoms with Gasteiger partial charge < -0.3 is 13.9 Å². The lowest BCUT2D eigenvalue weighted by molar-refractivity contribution is -0.132. The van der Waals surface area contributed by atoms with Crippen LogP contribution in [-0.2, 0) is 38.1 Å². The van der Waals surface area contributed by atoms with Gasteiger partial charge in [0.15, 0.2) is 0 Å². The summed E-state index contributed by atoms with van der Waals surface area (Å²) in [6.45, 7) is 6.60. The first kappa shape index (κ1) is 27.6. The Morgan fingerprint density at radius 3 is 2.55 bits per heavy atom. The number of fused-ring (bicyclic) bond motifs is 3. The van der Waals surface area contributed by atoms with Crippen molar-refractivity contribution in [2.75, 3.05) is 6.61 Å². The lowest BCUT2D eigenvalue weighted by Crippen LogP contribution is -2.39. The van der Waals surface area contributed by atoms with Crippen LogP contribution in [0.15, 0.2) is 76.7 Å². The number of para-hydroxylation sites is 1. The largest absolute Gasteiger partial charge is 0.379 e. The van der Waals surface area contributed by atoms with Crippen molar-refractivity contribution in [3.8, 4) is 5.75 Å². The van der Waals surface area contributed by atoms with Crippen LogP contribution in [0.2, 0.25) is 0 Å². The quantitative estimate of drug-likeness (QED) is 0.159. The average Bonchev–Trinajstić information content (AvgIpc) is 3.34. The molecule has 0 aliphatic carbocycles. The molecule has 0 saturated carbocycles. The molecule has 4 aromatic rings. The fraction of sp³-hybridized carbons (Fsp3) is 0.290. The Morgan fingerprint density at radius 2 is 1.85 bits per heavy atom. The fourth-order valence-electron chi connectivity index (χ4n) is 5.21. The summed E-state index contributed by atoms with van der Waals surface area (Å²) in [6, 6.07) is 19.2. The number of hydrazone groups is 1. The minimum atomic E-state index is -3.93. The molecule has 40 heavy (non-hydrogen) atoms. The Balaban J connectivity index is 1.24. The second-order valence-electron chi connectivity index (χ2n) is 10.0. The molecule has 1 atom stereocenters. The SMILES string of the molecule is CCc1cccc2c3c([nH]c12)C(CC)(CC(=O)NN=Cc1ccc(OS(=O)(=O)c2ccc(C)cc2)cc1)OCC3. The number of carbonyl (C=O) groups is 1. The fourth-order valence-corrected chi connectivity index (χ4v) is 6.14. The summed E-state index contributed by atoms with van der Waals surface area (Å²) in [6.07, 6.45) is 3.99. The zero-order chi connectivity index (χ0) is 28.3. The molecule has 208 valence electrons. The van der Waals surface area contributed by atoms with Gasteiger partial charge in [-0.15, -0.1) is 0 Å². The highest BCUT2D eigenvalue weighted by Gasteiger charge is 2.41. The number of carbonyl (C=O) groups excluding carboxylic acids is 1. The average molecular weight is 560 g/mol. The molecule has 0 spiro atoms. The monoisotopic (exact) mass is 559 g/mol. The molecule has 0 fully saturated rings. The van der Waals surface area contributed by atoms with Crippen LogP contribution in [0.3, 0.4) is 0 Å². The second-order valence-corrected chi connectivity index (χ2v) is 11.6. The zero-order valence-electron chi connectivity index (χ0n) is 22.9. The summed E-state index contributed by atoms with van der Waals surface area (Å²) in [7, 11) is -3.93. The van der Waals surface area contributed by atoms with E-state index >= 15 is 0 Å². The minimum Gasteiger partial charge on any atom is -0.379 e. The molecule has 1 amide bonds. The van der Waals surface area contributed by atoms with Crippen LogP contribution in [0.5, 0.6) is 5.75 Å². The highest BCUT2D eigenvalue weighted by Crippen LogP contribution is 2.42. The molecule has 0 saturated heterocycles.